The van der Waals surface area contributed by atoms with Gasteiger partial charge in [0.1, 0.15) is 0 Å². The molecule has 1 amide bonds. The molecule has 2 aliphatic heterocycles. The van der Waals surface area contributed by atoms with E-state index in [4.69, 9.17) is 0 Å². The third-order valence-corrected chi connectivity index (χ3v) is 5.94. The van der Waals surface area contributed by atoms with Crippen LogP contribution in [0.1, 0.15) is 45.4 Å². The molecule has 22 heavy (non-hydrogen) atoms. The Morgan fingerprint density at radius 1 is 0.864 bits per heavy atom. The lowest BCUT2D eigenvalue weighted by Gasteiger charge is -2.40. The first-order chi connectivity index (χ1) is 10.6. The molecule has 3 rings (SSSR count). The zero-order valence-electron chi connectivity index (χ0n) is 13.9. The summed E-state index contributed by atoms with van der Waals surface area (Å²) in [4.78, 5) is 18.4. The highest BCUT2D eigenvalue weighted by molar-refractivity contribution is 5.73. The monoisotopic (exact) mass is 309 g/mol. The van der Waals surface area contributed by atoms with Crippen LogP contribution in [0.5, 0.6) is 0 Å². The van der Waals surface area contributed by atoms with Gasteiger partial charge < -0.3 is 14.9 Å². The van der Waals surface area contributed by atoms with Crippen LogP contribution >= 0.6 is 0 Å². The molecule has 0 radical (unpaired) electrons. The van der Waals surface area contributed by atoms with Crippen molar-refractivity contribution in [2.24, 2.45) is 0 Å². The van der Waals surface area contributed by atoms with Gasteiger partial charge in [-0.2, -0.15) is 0 Å². The van der Waals surface area contributed by atoms with Crippen LogP contribution < -0.4 is 0 Å². The summed E-state index contributed by atoms with van der Waals surface area (Å²) in [5, 5.41) is 10.6. The highest BCUT2D eigenvalue weighted by Gasteiger charge is 2.34. The van der Waals surface area contributed by atoms with Crippen molar-refractivity contribution in [1.82, 2.24) is 14.7 Å². The molecular formula is C17H31N3O2. The average molecular weight is 309 g/mol. The number of amides is 1. The maximum absolute atomic E-state index is 11.4. The molecule has 2 saturated heterocycles. The molecule has 1 N–H and O–H groups in total. The van der Waals surface area contributed by atoms with Crippen molar-refractivity contribution in [3.63, 3.8) is 0 Å². The zero-order valence-corrected chi connectivity index (χ0v) is 13.9. The molecule has 2 atom stereocenters. The zero-order chi connectivity index (χ0) is 15.5. The van der Waals surface area contributed by atoms with Crippen LogP contribution in [0, 0.1) is 0 Å². The first-order valence-corrected chi connectivity index (χ1v) is 9.07. The molecule has 5 nitrogen and oxygen atoms in total. The van der Waals surface area contributed by atoms with E-state index in [2.05, 4.69) is 9.80 Å². The van der Waals surface area contributed by atoms with Crippen molar-refractivity contribution in [1.29, 1.82) is 0 Å². The smallest absolute Gasteiger partial charge is 0.219 e. The van der Waals surface area contributed by atoms with E-state index in [0.29, 0.717) is 0 Å². The second-order valence-electron chi connectivity index (χ2n) is 7.23. The molecule has 0 spiro atoms. The van der Waals surface area contributed by atoms with E-state index in [-0.39, 0.29) is 18.1 Å². The first kappa shape index (κ1) is 16.2. The normalized spacial score (nSPS) is 33.1. The minimum atomic E-state index is -0.213. The molecule has 1 saturated carbocycles. The lowest BCUT2D eigenvalue weighted by atomic mass is 10.0. The number of nitrogens with zero attached hydrogens (tertiary/aromatic N) is 3. The lowest BCUT2D eigenvalue weighted by Crippen LogP contribution is -2.54. The van der Waals surface area contributed by atoms with Gasteiger partial charge in [0.25, 0.3) is 0 Å². The standard InChI is InChI=1S/C17H31N3O2/c1-14(21)18-10-12-20(13-11-18)16-6-8-19(9-7-17(16)22)15-4-2-3-5-15/h15-17,22H,2-13H2,1H3/t16-,17-/m0/s1. The van der Waals surface area contributed by atoms with Gasteiger partial charge in [-0.1, -0.05) is 12.8 Å². The fourth-order valence-corrected chi connectivity index (χ4v) is 4.52. The second-order valence-corrected chi connectivity index (χ2v) is 7.23. The first-order valence-electron chi connectivity index (χ1n) is 9.07. The van der Waals surface area contributed by atoms with Gasteiger partial charge in [-0.15, -0.1) is 0 Å². The van der Waals surface area contributed by atoms with E-state index in [1.165, 1.54) is 25.7 Å². The van der Waals surface area contributed by atoms with Crippen molar-refractivity contribution >= 4 is 5.91 Å². The van der Waals surface area contributed by atoms with Gasteiger partial charge in [-0.25, -0.2) is 0 Å². The summed E-state index contributed by atoms with van der Waals surface area (Å²) < 4.78 is 0. The Morgan fingerprint density at radius 2 is 1.50 bits per heavy atom. The SMILES string of the molecule is CC(=O)N1CCN([C@H]2CCN(C3CCCC3)CC[C@@H]2O)CC1. The molecule has 0 aromatic heterocycles. The van der Waals surface area contributed by atoms with Crippen LogP contribution in [-0.2, 0) is 4.79 Å². The largest absolute Gasteiger partial charge is 0.391 e. The number of hydrogen-bond acceptors (Lipinski definition) is 4. The molecule has 0 aromatic rings. The number of hydrogen-bond donors (Lipinski definition) is 1. The van der Waals surface area contributed by atoms with E-state index < -0.39 is 0 Å². The molecule has 0 unspecified atom stereocenters. The quantitative estimate of drug-likeness (QED) is 0.824. The maximum Gasteiger partial charge on any atom is 0.219 e. The molecule has 0 aromatic carbocycles. The van der Waals surface area contributed by atoms with Crippen LogP contribution in [0.2, 0.25) is 0 Å². The lowest BCUT2D eigenvalue weighted by molar-refractivity contribution is -0.131. The van der Waals surface area contributed by atoms with Gasteiger partial charge in [-0.05, 0) is 25.7 Å². The van der Waals surface area contributed by atoms with Crippen LogP contribution in [0.15, 0.2) is 0 Å². The number of likely N-dealkylation sites (tertiary alicyclic amines) is 1. The number of rotatable bonds is 2. The summed E-state index contributed by atoms with van der Waals surface area (Å²) in [6, 6.07) is 1.04. The van der Waals surface area contributed by atoms with Gasteiger partial charge >= 0.3 is 0 Å². The maximum atomic E-state index is 11.4. The van der Waals surface area contributed by atoms with Crippen LogP contribution in [0.25, 0.3) is 0 Å². The minimum Gasteiger partial charge on any atom is -0.391 e. The van der Waals surface area contributed by atoms with Crippen molar-refractivity contribution < 1.29 is 9.90 Å². The summed E-state index contributed by atoms with van der Waals surface area (Å²) in [5.74, 6) is 0.175. The summed E-state index contributed by atoms with van der Waals surface area (Å²) in [6.07, 6.45) is 7.19. The topological polar surface area (TPSA) is 47.0 Å². The molecule has 3 fully saturated rings. The summed E-state index contributed by atoms with van der Waals surface area (Å²) in [7, 11) is 0. The molecule has 0 bridgehead atoms. The number of aliphatic hydroxyl groups excluding tert-OH is 1. The predicted molar refractivity (Wildman–Crippen MR) is 86.7 cm³/mol. The van der Waals surface area contributed by atoms with Crippen molar-refractivity contribution in [3.05, 3.63) is 0 Å². The Hall–Kier alpha value is -0.650. The Morgan fingerprint density at radius 3 is 2.14 bits per heavy atom. The van der Waals surface area contributed by atoms with Gasteiger partial charge in [0.2, 0.25) is 5.91 Å². The fraction of sp³-hybridized carbons (Fsp3) is 0.941. The highest BCUT2D eigenvalue weighted by atomic mass is 16.3. The summed E-state index contributed by atoms with van der Waals surface area (Å²) in [5.41, 5.74) is 0. The average Bonchev–Trinajstić information content (AvgIpc) is 2.98. The Labute approximate surface area is 134 Å². The van der Waals surface area contributed by atoms with Crippen LogP contribution in [0.3, 0.4) is 0 Å². The second kappa shape index (κ2) is 7.28. The van der Waals surface area contributed by atoms with E-state index in [0.717, 1.165) is 58.2 Å². The van der Waals surface area contributed by atoms with Gasteiger partial charge in [0, 0.05) is 58.3 Å². The number of carbonyl (C=O) groups is 1. The molecule has 2 heterocycles. The minimum absolute atomic E-state index is 0.175. The number of piperazine rings is 1. The van der Waals surface area contributed by atoms with E-state index in [1.54, 1.807) is 6.92 Å². The van der Waals surface area contributed by atoms with E-state index in [1.807, 2.05) is 4.90 Å². The van der Waals surface area contributed by atoms with Gasteiger partial charge in [-0.3, -0.25) is 9.69 Å². The Balaban J connectivity index is 1.54. The van der Waals surface area contributed by atoms with Crippen LogP contribution in [0.4, 0.5) is 0 Å². The van der Waals surface area contributed by atoms with Crippen LogP contribution in [-0.4, -0.2) is 83.2 Å². The summed E-state index contributed by atoms with van der Waals surface area (Å²) >= 11 is 0. The molecule has 126 valence electrons. The Bertz CT molecular complexity index is 376. The molecular weight excluding hydrogens is 278 g/mol. The third kappa shape index (κ3) is 3.63. The molecule has 5 heteroatoms. The van der Waals surface area contributed by atoms with Gasteiger partial charge in [0.05, 0.1) is 6.10 Å². The van der Waals surface area contributed by atoms with Gasteiger partial charge in [0.15, 0.2) is 0 Å². The number of carbonyl (C=O) groups excluding carboxylic acids is 1. The van der Waals surface area contributed by atoms with Crippen molar-refractivity contribution in [2.45, 2.75) is 63.6 Å². The van der Waals surface area contributed by atoms with E-state index >= 15 is 0 Å². The summed E-state index contributed by atoms with van der Waals surface area (Å²) in [6.45, 7) is 7.26. The number of aliphatic hydroxyl groups is 1. The molecule has 1 aliphatic carbocycles. The van der Waals surface area contributed by atoms with Crippen molar-refractivity contribution in [3.8, 4) is 0 Å². The molecule has 3 aliphatic rings. The van der Waals surface area contributed by atoms with E-state index in [9.17, 15) is 9.90 Å². The van der Waals surface area contributed by atoms with Crippen molar-refractivity contribution in [2.75, 3.05) is 39.3 Å². The fourth-order valence-electron chi connectivity index (χ4n) is 4.52. The predicted octanol–water partition coefficient (Wildman–Crippen LogP) is 0.918. The highest BCUT2D eigenvalue weighted by Crippen LogP contribution is 2.27. The third-order valence-electron chi connectivity index (χ3n) is 5.94. The Kier molecular flexibility index (Phi) is 5.37.